The quantitative estimate of drug-likeness (QED) is 0.457. The number of hydrogen-bond acceptors (Lipinski definition) is 0. The van der Waals surface area contributed by atoms with E-state index < -0.39 is 0 Å². The molecule has 0 fully saturated rings. The van der Waals surface area contributed by atoms with Gasteiger partial charge >= 0.3 is 0 Å². The number of rotatable bonds is 0. The third-order valence-corrected chi connectivity index (χ3v) is 0.333. The predicted octanol–water partition coefficient (Wildman–Crippen LogP) is 4.77. The first-order valence-electron chi connectivity index (χ1n) is 3.96. The summed E-state index contributed by atoms with van der Waals surface area (Å²) in [6.07, 6.45) is 7.50. The maximum absolute atomic E-state index is 3.36. The number of allylic oxidation sites excluding steroid dienone is 4. The van der Waals surface area contributed by atoms with Crippen molar-refractivity contribution in [2.75, 3.05) is 0 Å². The van der Waals surface area contributed by atoms with Crippen molar-refractivity contribution in [1.29, 1.82) is 0 Å². The molecule has 0 aliphatic heterocycles. The zero-order chi connectivity index (χ0) is 10.8. The van der Waals surface area contributed by atoms with E-state index in [1.807, 2.05) is 39.8 Å². The average molecular weight is 168 g/mol. The third-order valence-electron chi connectivity index (χ3n) is 0.333. The topological polar surface area (TPSA) is 0 Å². The smallest absolute Gasteiger partial charge is 0.0470 e. The van der Waals surface area contributed by atoms with Crippen LogP contribution >= 0.6 is 0 Å². The van der Waals surface area contributed by atoms with Crippen molar-refractivity contribution in [3.8, 4) is 0 Å². The lowest BCUT2D eigenvalue weighted by molar-refractivity contribution is 1.64. The van der Waals surface area contributed by atoms with Crippen molar-refractivity contribution >= 4 is 0 Å². The van der Waals surface area contributed by atoms with Gasteiger partial charge in [-0.1, -0.05) is 24.3 Å². The standard InChI is InChI=1S/C4H8.2C3H6.C2H4/c1-3-4-2;2*1-3-2;1-2/h3-4H,1-2H3;2*3H,1H2,2H3;1-2H2/b4-3+;;;. The van der Waals surface area contributed by atoms with E-state index in [0.29, 0.717) is 0 Å². The molecular weight excluding hydrogens is 144 g/mol. The summed E-state index contributed by atoms with van der Waals surface area (Å²) in [4.78, 5) is 0. The van der Waals surface area contributed by atoms with Gasteiger partial charge in [0.25, 0.3) is 0 Å². The zero-order valence-electron chi connectivity index (χ0n) is 9.14. The Morgan fingerprint density at radius 1 is 0.667 bits per heavy atom. The van der Waals surface area contributed by atoms with Crippen molar-refractivity contribution in [3.05, 3.63) is 50.6 Å². The first-order valence-corrected chi connectivity index (χ1v) is 3.96. The van der Waals surface area contributed by atoms with Gasteiger partial charge in [0, 0.05) is 0 Å². The lowest BCUT2D eigenvalue weighted by atomic mass is 10.6. The highest BCUT2D eigenvalue weighted by atomic mass is 13.4. The monoisotopic (exact) mass is 168 g/mol. The molecular formula is C12H24. The van der Waals surface area contributed by atoms with Crippen LogP contribution < -0.4 is 0 Å². The summed E-state index contributed by atoms with van der Waals surface area (Å²) in [5.74, 6) is 0. The summed E-state index contributed by atoms with van der Waals surface area (Å²) in [5, 5.41) is 0. The summed E-state index contributed by atoms with van der Waals surface area (Å²) >= 11 is 0. The van der Waals surface area contributed by atoms with Crippen LogP contribution in [0.2, 0.25) is 0 Å². The Kier molecular flexibility index (Phi) is 171. The van der Waals surface area contributed by atoms with Crippen LogP contribution in [0.4, 0.5) is 0 Å². The SMILES string of the molecule is C/C=C/C.C=C.C=CC.C=CC. The van der Waals surface area contributed by atoms with Gasteiger partial charge in [0.05, 0.1) is 0 Å². The van der Waals surface area contributed by atoms with Gasteiger partial charge in [0.2, 0.25) is 0 Å². The van der Waals surface area contributed by atoms with Crippen LogP contribution in [-0.2, 0) is 0 Å². The molecule has 72 valence electrons. The van der Waals surface area contributed by atoms with Gasteiger partial charge in [-0.15, -0.1) is 26.3 Å². The molecule has 0 atom stereocenters. The highest BCUT2D eigenvalue weighted by Crippen LogP contribution is 1.57. The molecule has 0 N–H and O–H groups in total. The van der Waals surface area contributed by atoms with Crippen LogP contribution in [0.3, 0.4) is 0 Å². The van der Waals surface area contributed by atoms with Crippen LogP contribution in [0.25, 0.3) is 0 Å². The largest absolute Gasteiger partial charge is 0.106 e. The molecule has 0 amide bonds. The first-order chi connectivity index (χ1) is 5.74. The summed E-state index contributed by atoms with van der Waals surface area (Å²) in [5.41, 5.74) is 0. The van der Waals surface area contributed by atoms with E-state index in [0.717, 1.165) is 0 Å². The van der Waals surface area contributed by atoms with E-state index in [2.05, 4.69) is 26.3 Å². The maximum Gasteiger partial charge on any atom is -0.0470 e. The molecule has 0 aromatic rings. The van der Waals surface area contributed by atoms with Crippen LogP contribution in [0.15, 0.2) is 50.6 Å². The summed E-state index contributed by atoms with van der Waals surface area (Å²) in [6.45, 7) is 20.5. The molecule has 0 aromatic carbocycles. The lowest BCUT2D eigenvalue weighted by Crippen LogP contribution is -1.26. The van der Waals surface area contributed by atoms with Crippen molar-refractivity contribution in [1.82, 2.24) is 0 Å². The molecule has 0 aliphatic rings. The molecule has 0 radical (unpaired) electrons. The molecule has 0 aromatic heterocycles. The normalized spacial score (nSPS) is 5.67. The first kappa shape index (κ1) is 22.4. The van der Waals surface area contributed by atoms with Crippen molar-refractivity contribution < 1.29 is 0 Å². The second kappa shape index (κ2) is 91.3. The predicted molar refractivity (Wildman–Crippen MR) is 63.5 cm³/mol. The van der Waals surface area contributed by atoms with E-state index in [9.17, 15) is 0 Å². The summed E-state index contributed by atoms with van der Waals surface area (Å²) < 4.78 is 0. The molecule has 0 heteroatoms. The second-order valence-corrected chi connectivity index (χ2v) is 1.48. The Morgan fingerprint density at radius 2 is 0.750 bits per heavy atom. The van der Waals surface area contributed by atoms with E-state index in [1.165, 1.54) is 0 Å². The highest BCUT2D eigenvalue weighted by Gasteiger charge is 1.34. The maximum atomic E-state index is 3.36. The van der Waals surface area contributed by atoms with Gasteiger partial charge < -0.3 is 0 Å². The number of hydrogen-bond donors (Lipinski definition) is 0. The van der Waals surface area contributed by atoms with Crippen LogP contribution in [-0.4, -0.2) is 0 Å². The highest BCUT2D eigenvalue weighted by molar-refractivity contribution is 4.68. The van der Waals surface area contributed by atoms with E-state index in [4.69, 9.17) is 0 Å². The zero-order valence-corrected chi connectivity index (χ0v) is 9.14. The molecule has 0 unspecified atom stereocenters. The molecule has 0 saturated heterocycles. The summed E-state index contributed by atoms with van der Waals surface area (Å²) in [7, 11) is 0. The second-order valence-electron chi connectivity index (χ2n) is 1.48. The Bertz CT molecular complexity index is 68.0. The molecule has 0 bridgehead atoms. The molecule has 0 spiro atoms. The average Bonchev–Trinajstić information content (AvgIpc) is 2.10. The minimum atomic E-state index is 1.75. The molecule has 12 heavy (non-hydrogen) atoms. The fraction of sp³-hybridized carbons (Fsp3) is 0.333. The van der Waals surface area contributed by atoms with Crippen molar-refractivity contribution in [3.63, 3.8) is 0 Å². The van der Waals surface area contributed by atoms with E-state index in [1.54, 1.807) is 12.2 Å². The molecule has 0 heterocycles. The lowest BCUT2D eigenvalue weighted by Gasteiger charge is -1.49. The molecule has 0 aliphatic carbocycles. The van der Waals surface area contributed by atoms with Crippen LogP contribution in [0, 0.1) is 0 Å². The van der Waals surface area contributed by atoms with Crippen molar-refractivity contribution in [2.24, 2.45) is 0 Å². The van der Waals surface area contributed by atoms with Gasteiger partial charge in [-0.25, -0.2) is 0 Å². The Hall–Kier alpha value is -1.04. The van der Waals surface area contributed by atoms with Gasteiger partial charge in [-0.05, 0) is 27.7 Å². The van der Waals surface area contributed by atoms with Gasteiger partial charge in [0.15, 0.2) is 0 Å². The minimum Gasteiger partial charge on any atom is -0.106 e. The molecule has 0 rings (SSSR count). The third kappa shape index (κ3) is 355000. The minimum absolute atomic E-state index is 1.75. The van der Waals surface area contributed by atoms with Crippen molar-refractivity contribution in [2.45, 2.75) is 27.7 Å². The van der Waals surface area contributed by atoms with Crippen LogP contribution in [0.1, 0.15) is 27.7 Å². The van der Waals surface area contributed by atoms with Crippen LogP contribution in [0.5, 0.6) is 0 Å². The van der Waals surface area contributed by atoms with E-state index >= 15 is 0 Å². The van der Waals surface area contributed by atoms with Gasteiger partial charge in [-0.3, -0.25) is 0 Å². The summed E-state index contributed by atoms with van der Waals surface area (Å²) in [6, 6.07) is 0. The molecule has 0 nitrogen and oxygen atoms in total. The van der Waals surface area contributed by atoms with Gasteiger partial charge in [-0.2, -0.15) is 0 Å². The fourth-order valence-electron chi connectivity index (χ4n) is 0. The van der Waals surface area contributed by atoms with E-state index in [-0.39, 0.29) is 0 Å². The molecule has 0 saturated carbocycles. The Morgan fingerprint density at radius 3 is 0.750 bits per heavy atom. The fourth-order valence-corrected chi connectivity index (χ4v) is 0. The Labute approximate surface area is 79.0 Å². The van der Waals surface area contributed by atoms with Gasteiger partial charge in [0.1, 0.15) is 0 Å². The Balaban J connectivity index is -0.0000000368.